The Kier molecular flexibility index (Phi) is 9.91. The van der Waals surface area contributed by atoms with Crippen LogP contribution in [0, 0.1) is 0 Å². The molecule has 2 N–H and O–H groups in total. The van der Waals surface area contributed by atoms with Crippen molar-refractivity contribution in [3.63, 3.8) is 0 Å². The molecule has 0 aromatic carbocycles. The molecule has 0 bridgehead atoms. The van der Waals surface area contributed by atoms with Gasteiger partial charge in [-0.3, -0.25) is 4.99 Å². The number of nitrogens with zero attached hydrogens (tertiary/aromatic N) is 1. The Morgan fingerprint density at radius 1 is 1.47 bits per heavy atom. The molecule has 17 heavy (non-hydrogen) atoms. The summed E-state index contributed by atoms with van der Waals surface area (Å²) >= 11 is 0. The fourth-order valence-corrected chi connectivity index (χ4v) is 1.64. The minimum absolute atomic E-state index is 0. The monoisotopic (exact) mass is 355 g/mol. The van der Waals surface area contributed by atoms with Crippen LogP contribution in [0.3, 0.4) is 0 Å². The van der Waals surface area contributed by atoms with E-state index in [1.165, 1.54) is 6.42 Å². The molecule has 2 atom stereocenters. The maximum absolute atomic E-state index is 5.55. The van der Waals surface area contributed by atoms with Crippen LogP contribution in [0.15, 0.2) is 4.99 Å². The standard InChI is InChI=1S/C12H25N3O.HI/c1-4-10(3)15-12(13-5-2)14-9-11-7-6-8-16-11;/h10-11H,4-9H2,1-3H3,(H2,13,14,15);1H. The average molecular weight is 355 g/mol. The molecule has 2 unspecified atom stereocenters. The van der Waals surface area contributed by atoms with E-state index in [4.69, 9.17) is 4.74 Å². The van der Waals surface area contributed by atoms with Gasteiger partial charge in [-0.1, -0.05) is 6.92 Å². The van der Waals surface area contributed by atoms with Crippen molar-refractivity contribution in [1.82, 2.24) is 10.6 Å². The molecule has 4 nitrogen and oxygen atoms in total. The van der Waals surface area contributed by atoms with Crippen LogP contribution in [-0.4, -0.2) is 37.8 Å². The van der Waals surface area contributed by atoms with E-state index in [0.717, 1.165) is 38.5 Å². The summed E-state index contributed by atoms with van der Waals surface area (Å²) < 4.78 is 5.55. The molecule has 0 aromatic rings. The predicted molar refractivity (Wildman–Crippen MR) is 83.3 cm³/mol. The number of halogens is 1. The van der Waals surface area contributed by atoms with E-state index >= 15 is 0 Å². The lowest BCUT2D eigenvalue weighted by molar-refractivity contribution is 0.117. The first-order valence-corrected chi connectivity index (χ1v) is 6.42. The number of nitrogens with one attached hydrogen (secondary N) is 2. The van der Waals surface area contributed by atoms with Gasteiger partial charge in [-0.15, -0.1) is 24.0 Å². The van der Waals surface area contributed by atoms with Crippen molar-refractivity contribution in [2.75, 3.05) is 19.7 Å². The zero-order chi connectivity index (χ0) is 11.8. The minimum atomic E-state index is 0. The lowest BCUT2D eigenvalue weighted by Crippen LogP contribution is -2.42. The number of ether oxygens (including phenoxy) is 1. The van der Waals surface area contributed by atoms with Gasteiger partial charge in [-0.2, -0.15) is 0 Å². The second kappa shape index (κ2) is 9.94. The van der Waals surface area contributed by atoms with Gasteiger partial charge in [0.05, 0.1) is 12.6 Å². The Bertz CT molecular complexity index is 218. The van der Waals surface area contributed by atoms with Crippen molar-refractivity contribution >= 4 is 29.9 Å². The van der Waals surface area contributed by atoms with Gasteiger partial charge >= 0.3 is 0 Å². The summed E-state index contributed by atoms with van der Waals surface area (Å²) in [6.45, 7) is 8.98. The molecule has 0 spiro atoms. The topological polar surface area (TPSA) is 45.7 Å². The van der Waals surface area contributed by atoms with E-state index in [0.29, 0.717) is 12.1 Å². The third-order valence-electron chi connectivity index (χ3n) is 2.82. The highest BCUT2D eigenvalue weighted by atomic mass is 127. The summed E-state index contributed by atoms with van der Waals surface area (Å²) in [5.41, 5.74) is 0. The molecule has 102 valence electrons. The van der Waals surface area contributed by atoms with Crippen molar-refractivity contribution in [2.45, 2.75) is 52.2 Å². The number of hydrogen-bond donors (Lipinski definition) is 2. The quantitative estimate of drug-likeness (QED) is 0.451. The van der Waals surface area contributed by atoms with Crippen molar-refractivity contribution in [1.29, 1.82) is 0 Å². The molecule has 5 heteroatoms. The first-order valence-electron chi connectivity index (χ1n) is 6.42. The molecule has 0 aliphatic carbocycles. The van der Waals surface area contributed by atoms with E-state index in [1.807, 2.05) is 0 Å². The molecule has 1 fully saturated rings. The van der Waals surface area contributed by atoms with Gasteiger partial charge in [-0.05, 0) is 33.1 Å². The van der Waals surface area contributed by atoms with Crippen molar-refractivity contribution in [3.8, 4) is 0 Å². The predicted octanol–water partition coefficient (Wildman–Crippen LogP) is 2.14. The van der Waals surface area contributed by atoms with E-state index in [2.05, 4.69) is 36.4 Å². The van der Waals surface area contributed by atoms with Crippen LogP contribution in [0.2, 0.25) is 0 Å². The highest BCUT2D eigenvalue weighted by Crippen LogP contribution is 2.11. The molecular weight excluding hydrogens is 329 g/mol. The highest BCUT2D eigenvalue weighted by Gasteiger charge is 2.15. The maximum Gasteiger partial charge on any atom is 0.191 e. The van der Waals surface area contributed by atoms with Crippen LogP contribution in [0.5, 0.6) is 0 Å². The molecule has 1 aliphatic heterocycles. The van der Waals surface area contributed by atoms with E-state index in [9.17, 15) is 0 Å². The molecule has 1 heterocycles. The molecule has 1 saturated heterocycles. The average Bonchev–Trinajstić information content (AvgIpc) is 2.79. The first-order chi connectivity index (χ1) is 7.76. The Balaban J connectivity index is 0.00000256. The van der Waals surface area contributed by atoms with Crippen LogP contribution in [0.1, 0.15) is 40.0 Å². The fourth-order valence-electron chi connectivity index (χ4n) is 1.64. The Morgan fingerprint density at radius 2 is 2.24 bits per heavy atom. The van der Waals surface area contributed by atoms with Crippen molar-refractivity contribution < 1.29 is 4.74 Å². The zero-order valence-electron chi connectivity index (χ0n) is 11.2. The fraction of sp³-hybridized carbons (Fsp3) is 0.917. The largest absolute Gasteiger partial charge is 0.376 e. The van der Waals surface area contributed by atoms with Gasteiger partial charge in [-0.25, -0.2) is 0 Å². The third-order valence-corrected chi connectivity index (χ3v) is 2.82. The van der Waals surface area contributed by atoms with Gasteiger partial charge < -0.3 is 15.4 Å². The normalized spacial score (nSPS) is 21.8. The molecule has 0 aromatic heterocycles. The van der Waals surface area contributed by atoms with E-state index in [1.54, 1.807) is 0 Å². The molecule has 1 aliphatic rings. The van der Waals surface area contributed by atoms with Crippen LogP contribution in [-0.2, 0) is 4.74 Å². The minimum Gasteiger partial charge on any atom is -0.376 e. The molecule has 0 saturated carbocycles. The number of guanidine groups is 1. The van der Waals surface area contributed by atoms with Gasteiger partial charge in [0.25, 0.3) is 0 Å². The van der Waals surface area contributed by atoms with Gasteiger partial charge in [0.2, 0.25) is 0 Å². The summed E-state index contributed by atoms with van der Waals surface area (Å²) in [6.07, 6.45) is 3.75. The lowest BCUT2D eigenvalue weighted by Gasteiger charge is -2.16. The molecule has 1 rings (SSSR count). The first kappa shape index (κ1) is 17.0. The summed E-state index contributed by atoms with van der Waals surface area (Å²) in [6, 6.07) is 0.460. The Labute approximate surface area is 122 Å². The molecule has 0 amide bonds. The van der Waals surface area contributed by atoms with Crippen LogP contribution in [0.25, 0.3) is 0 Å². The summed E-state index contributed by atoms with van der Waals surface area (Å²) in [5, 5.41) is 6.63. The summed E-state index contributed by atoms with van der Waals surface area (Å²) in [7, 11) is 0. The number of aliphatic imine (C=N–C) groups is 1. The van der Waals surface area contributed by atoms with E-state index in [-0.39, 0.29) is 24.0 Å². The second-order valence-electron chi connectivity index (χ2n) is 4.31. The van der Waals surface area contributed by atoms with E-state index < -0.39 is 0 Å². The van der Waals surface area contributed by atoms with Crippen LogP contribution in [0.4, 0.5) is 0 Å². The van der Waals surface area contributed by atoms with Crippen molar-refractivity contribution in [3.05, 3.63) is 0 Å². The number of hydrogen-bond acceptors (Lipinski definition) is 2. The summed E-state index contributed by atoms with van der Waals surface area (Å²) in [5.74, 6) is 0.910. The third kappa shape index (κ3) is 7.08. The Morgan fingerprint density at radius 3 is 2.76 bits per heavy atom. The summed E-state index contributed by atoms with van der Waals surface area (Å²) in [4.78, 5) is 4.55. The van der Waals surface area contributed by atoms with Crippen molar-refractivity contribution in [2.24, 2.45) is 4.99 Å². The second-order valence-corrected chi connectivity index (χ2v) is 4.31. The maximum atomic E-state index is 5.55. The smallest absolute Gasteiger partial charge is 0.191 e. The molecular formula is C12H26IN3O. The van der Waals surface area contributed by atoms with Gasteiger partial charge in [0.1, 0.15) is 0 Å². The number of rotatable bonds is 5. The van der Waals surface area contributed by atoms with Crippen LogP contribution < -0.4 is 10.6 Å². The highest BCUT2D eigenvalue weighted by molar-refractivity contribution is 14.0. The van der Waals surface area contributed by atoms with Crippen LogP contribution >= 0.6 is 24.0 Å². The zero-order valence-corrected chi connectivity index (χ0v) is 13.5. The molecule has 0 radical (unpaired) electrons. The van der Waals surface area contributed by atoms with Gasteiger partial charge in [0.15, 0.2) is 5.96 Å². The SMILES string of the molecule is CCNC(=NCC1CCCO1)NC(C)CC.I. The lowest BCUT2D eigenvalue weighted by atomic mass is 10.2. The van der Waals surface area contributed by atoms with Gasteiger partial charge in [0, 0.05) is 19.2 Å². The Hall–Kier alpha value is -0.0400.